The van der Waals surface area contributed by atoms with Gasteiger partial charge < -0.3 is 18.9 Å². The fraction of sp³-hybridized carbons (Fsp3) is 0.318. The van der Waals surface area contributed by atoms with Crippen LogP contribution in [-0.4, -0.2) is 25.5 Å². The van der Waals surface area contributed by atoms with Crippen molar-refractivity contribution in [2.75, 3.05) is 13.2 Å². The van der Waals surface area contributed by atoms with Crippen molar-refractivity contribution in [3.8, 4) is 22.6 Å². The van der Waals surface area contributed by atoms with Crippen LogP contribution in [0.1, 0.15) is 77.3 Å². The second-order valence-corrected chi connectivity index (χ2v) is 12.9. The number of carbonyl (C=O) groups is 2. The van der Waals surface area contributed by atoms with Crippen LogP contribution in [0, 0.1) is 0 Å². The standard InChI is InChI=1S/C44H46O6/c1-5-9-25-47-43(45)49-41-33-19-13-11-17-31(33)39(37-27-29(15-7-3)21-23-35(37)41)40-32-18-12-14-20-34(32)42(50-44(46)48-26-10-6-2)36-24-22-30(16-8-4)28-38(36)40/h11-14,17-24,27-28H,5-10,15-16,25-26H2,1-4H3. The number of hydrogen-bond donors (Lipinski definition) is 0. The van der Waals surface area contributed by atoms with Gasteiger partial charge in [-0.25, -0.2) is 9.59 Å². The third kappa shape index (κ3) is 7.11. The zero-order chi connectivity index (χ0) is 35.0. The summed E-state index contributed by atoms with van der Waals surface area (Å²) in [6.45, 7) is 9.08. The van der Waals surface area contributed by atoms with E-state index in [0.717, 1.165) is 106 Å². The van der Waals surface area contributed by atoms with Crippen molar-refractivity contribution in [2.24, 2.45) is 0 Å². The van der Waals surface area contributed by atoms with Crippen molar-refractivity contribution in [1.82, 2.24) is 0 Å². The number of carbonyl (C=O) groups excluding carboxylic acids is 2. The molecule has 6 nitrogen and oxygen atoms in total. The second kappa shape index (κ2) is 16.1. The smallest absolute Gasteiger partial charge is 0.434 e. The van der Waals surface area contributed by atoms with Gasteiger partial charge in [-0.05, 0) is 69.5 Å². The molecule has 6 heteroatoms. The molecule has 0 fully saturated rings. The first-order chi connectivity index (χ1) is 24.5. The van der Waals surface area contributed by atoms with Crippen LogP contribution in [0.3, 0.4) is 0 Å². The average molecular weight is 671 g/mol. The van der Waals surface area contributed by atoms with E-state index < -0.39 is 12.3 Å². The van der Waals surface area contributed by atoms with Crippen molar-refractivity contribution in [1.29, 1.82) is 0 Å². The Morgan fingerprint density at radius 2 is 0.840 bits per heavy atom. The lowest BCUT2D eigenvalue weighted by Gasteiger charge is -2.22. The van der Waals surface area contributed by atoms with Gasteiger partial charge in [0.2, 0.25) is 0 Å². The number of benzene rings is 6. The Bertz CT molecular complexity index is 2010. The highest BCUT2D eigenvalue weighted by molar-refractivity contribution is 6.27. The van der Waals surface area contributed by atoms with E-state index in [-0.39, 0.29) is 0 Å². The largest absolute Gasteiger partial charge is 0.513 e. The summed E-state index contributed by atoms with van der Waals surface area (Å²) in [7, 11) is 0. The maximum absolute atomic E-state index is 13.1. The lowest BCUT2D eigenvalue weighted by Crippen LogP contribution is -2.12. The van der Waals surface area contributed by atoms with Crippen LogP contribution in [-0.2, 0) is 22.3 Å². The summed E-state index contributed by atoms with van der Waals surface area (Å²) >= 11 is 0. The van der Waals surface area contributed by atoms with Crippen LogP contribution < -0.4 is 9.47 Å². The van der Waals surface area contributed by atoms with Crippen molar-refractivity contribution >= 4 is 55.4 Å². The molecule has 0 N–H and O–H groups in total. The number of aryl methyl sites for hydroxylation is 2. The van der Waals surface area contributed by atoms with E-state index in [1.165, 1.54) is 11.1 Å². The van der Waals surface area contributed by atoms with Crippen LogP contribution >= 0.6 is 0 Å². The molecule has 0 atom stereocenters. The van der Waals surface area contributed by atoms with Gasteiger partial charge in [0.15, 0.2) is 0 Å². The third-order valence-electron chi connectivity index (χ3n) is 9.21. The minimum atomic E-state index is -0.706. The Morgan fingerprint density at radius 3 is 1.22 bits per heavy atom. The Labute approximate surface area is 294 Å². The van der Waals surface area contributed by atoms with E-state index in [1.54, 1.807) is 0 Å². The Morgan fingerprint density at radius 1 is 0.460 bits per heavy atom. The van der Waals surface area contributed by atoms with E-state index in [1.807, 2.05) is 36.4 Å². The fourth-order valence-electron chi connectivity index (χ4n) is 6.84. The summed E-state index contributed by atoms with van der Waals surface area (Å²) in [5, 5.41) is 7.13. The van der Waals surface area contributed by atoms with Gasteiger partial charge >= 0.3 is 12.3 Å². The maximum Gasteiger partial charge on any atom is 0.513 e. The highest BCUT2D eigenvalue weighted by Gasteiger charge is 2.25. The molecule has 0 aliphatic carbocycles. The third-order valence-corrected chi connectivity index (χ3v) is 9.21. The van der Waals surface area contributed by atoms with Gasteiger partial charge in [-0.1, -0.05) is 138 Å². The van der Waals surface area contributed by atoms with E-state index in [0.29, 0.717) is 24.7 Å². The lowest BCUT2D eigenvalue weighted by atomic mass is 9.84. The summed E-state index contributed by atoms with van der Waals surface area (Å²) < 4.78 is 23.1. The van der Waals surface area contributed by atoms with Gasteiger partial charge in [0.25, 0.3) is 0 Å². The van der Waals surface area contributed by atoms with Crippen molar-refractivity contribution in [3.63, 3.8) is 0 Å². The lowest BCUT2D eigenvalue weighted by molar-refractivity contribution is 0.0977. The first-order valence-corrected chi connectivity index (χ1v) is 18.1. The molecule has 0 unspecified atom stereocenters. The van der Waals surface area contributed by atoms with Gasteiger partial charge in [-0.3, -0.25) is 0 Å². The molecule has 0 aromatic heterocycles. The van der Waals surface area contributed by atoms with Crippen LogP contribution in [0.4, 0.5) is 9.59 Å². The van der Waals surface area contributed by atoms with Crippen molar-refractivity contribution in [2.45, 2.75) is 79.1 Å². The first kappa shape index (κ1) is 34.8. The summed E-state index contributed by atoms with van der Waals surface area (Å²) in [5.41, 5.74) is 4.46. The molecule has 6 rings (SSSR count). The molecule has 0 aliphatic heterocycles. The maximum atomic E-state index is 13.1. The van der Waals surface area contributed by atoms with Gasteiger partial charge in [0.1, 0.15) is 11.5 Å². The van der Waals surface area contributed by atoms with E-state index in [2.05, 4.69) is 76.2 Å². The van der Waals surface area contributed by atoms with Crippen molar-refractivity contribution < 1.29 is 28.5 Å². The van der Waals surface area contributed by atoms with Crippen LogP contribution in [0.25, 0.3) is 54.2 Å². The number of hydrogen-bond acceptors (Lipinski definition) is 6. The number of ether oxygens (including phenoxy) is 4. The molecule has 258 valence electrons. The average Bonchev–Trinajstić information content (AvgIpc) is 3.12. The van der Waals surface area contributed by atoms with E-state index >= 15 is 0 Å². The zero-order valence-corrected chi connectivity index (χ0v) is 29.6. The zero-order valence-electron chi connectivity index (χ0n) is 29.6. The first-order valence-electron chi connectivity index (χ1n) is 18.1. The van der Waals surface area contributed by atoms with Crippen molar-refractivity contribution in [3.05, 3.63) is 96.1 Å². The normalized spacial score (nSPS) is 11.4. The SMILES string of the molecule is CCCCOC(=O)Oc1c2ccccc2c(-c2c3ccccc3c(OC(=O)OCCCC)c3ccc(CCC)cc23)c2cc(CCC)ccc12. The highest BCUT2D eigenvalue weighted by Crippen LogP contribution is 2.50. The summed E-state index contributed by atoms with van der Waals surface area (Å²) in [6, 6.07) is 29.0. The number of fused-ring (bicyclic) bond motifs is 4. The Balaban J connectivity index is 1.71. The van der Waals surface area contributed by atoms with Gasteiger partial charge in [-0.15, -0.1) is 0 Å². The van der Waals surface area contributed by atoms with E-state index in [4.69, 9.17) is 18.9 Å². The number of rotatable bonds is 13. The molecule has 0 radical (unpaired) electrons. The van der Waals surface area contributed by atoms with Crippen LogP contribution in [0.5, 0.6) is 11.5 Å². The second-order valence-electron chi connectivity index (χ2n) is 12.9. The molecule has 0 aliphatic rings. The summed E-state index contributed by atoms with van der Waals surface area (Å²) in [4.78, 5) is 26.1. The molecule has 50 heavy (non-hydrogen) atoms. The van der Waals surface area contributed by atoms with E-state index in [9.17, 15) is 9.59 Å². The highest BCUT2D eigenvalue weighted by atomic mass is 16.7. The van der Waals surface area contributed by atoms with Crippen LogP contribution in [0.15, 0.2) is 84.9 Å². The predicted octanol–water partition coefficient (Wildman–Crippen LogP) is 12.5. The van der Waals surface area contributed by atoms with Gasteiger partial charge in [0, 0.05) is 21.5 Å². The topological polar surface area (TPSA) is 71.1 Å². The molecular weight excluding hydrogens is 624 g/mol. The molecule has 0 heterocycles. The Hall–Kier alpha value is -5.10. The summed E-state index contributed by atoms with van der Waals surface area (Å²) in [5.74, 6) is 0.970. The molecule has 0 spiro atoms. The minimum Gasteiger partial charge on any atom is -0.434 e. The monoisotopic (exact) mass is 670 g/mol. The Kier molecular flexibility index (Phi) is 11.2. The predicted molar refractivity (Wildman–Crippen MR) is 204 cm³/mol. The minimum absolute atomic E-state index is 0.308. The molecule has 0 saturated heterocycles. The van der Waals surface area contributed by atoms with Crippen LogP contribution in [0.2, 0.25) is 0 Å². The fourth-order valence-corrected chi connectivity index (χ4v) is 6.84. The van der Waals surface area contributed by atoms with Gasteiger partial charge in [0.05, 0.1) is 13.2 Å². The molecule has 0 saturated carbocycles. The summed E-state index contributed by atoms with van der Waals surface area (Å²) in [6.07, 6.45) is 5.77. The quantitative estimate of drug-likeness (QED) is 0.0527. The molecule has 0 amide bonds. The molecular formula is C44H46O6. The molecule has 6 aromatic carbocycles. The van der Waals surface area contributed by atoms with Gasteiger partial charge in [-0.2, -0.15) is 0 Å². The number of unbranched alkanes of at least 4 members (excludes halogenated alkanes) is 2. The molecule has 6 aromatic rings. The molecule has 0 bridgehead atoms.